The van der Waals surface area contributed by atoms with Gasteiger partial charge in [0.05, 0.1) is 0 Å². The average molecular weight is 197 g/mol. The molecular weight excluding hydrogens is 187 g/mol. The summed E-state index contributed by atoms with van der Waals surface area (Å²) in [5, 5.41) is 0.761. The Balaban J connectivity index is 4.77. The molecule has 0 spiro atoms. The molecule has 5 nitrogen and oxygen atoms in total. The van der Waals surface area contributed by atoms with Crippen LogP contribution in [0.4, 0.5) is 13.2 Å². The number of guanidine groups is 1. The van der Waals surface area contributed by atoms with Gasteiger partial charge in [0.25, 0.3) is 0 Å². The van der Waals surface area contributed by atoms with E-state index in [4.69, 9.17) is 11.6 Å². The third-order valence-corrected chi connectivity index (χ3v) is 1.05. The Morgan fingerprint density at radius 1 is 1.38 bits per heavy atom. The fraction of sp³-hybridized carbons (Fsp3) is 0.600. The molecule has 0 aromatic rings. The highest BCUT2D eigenvalue weighted by atomic mass is 19.4. The van der Waals surface area contributed by atoms with Crippen molar-refractivity contribution in [2.24, 2.45) is 21.6 Å². The van der Waals surface area contributed by atoms with E-state index in [0.29, 0.717) is 0 Å². The Kier molecular flexibility index (Phi) is 3.67. The van der Waals surface area contributed by atoms with Crippen molar-refractivity contribution in [3.8, 4) is 0 Å². The largest absolute Gasteiger partial charge is 0.451 e. The second-order valence-electron chi connectivity index (χ2n) is 2.13. The fourth-order valence-corrected chi connectivity index (χ4v) is 0.428. The van der Waals surface area contributed by atoms with Crippen molar-refractivity contribution in [1.29, 1.82) is 0 Å². The highest BCUT2D eigenvalue weighted by Gasteiger charge is 2.35. The molecule has 0 saturated carbocycles. The highest BCUT2D eigenvalue weighted by molar-refractivity contribution is 5.98. The minimum absolute atomic E-state index is 0.460. The van der Waals surface area contributed by atoms with Crippen molar-refractivity contribution in [1.82, 2.24) is 5.01 Å². The smallest absolute Gasteiger partial charge is 0.368 e. The van der Waals surface area contributed by atoms with Crippen LogP contribution in [0, 0.1) is 0 Å². The third kappa shape index (κ3) is 3.74. The fourth-order valence-electron chi connectivity index (χ4n) is 0.428. The van der Waals surface area contributed by atoms with Crippen LogP contribution in [0.5, 0.6) is 0 Å². The lowest BCUT2D eigenvalue weighted by atomic mass is 10.6. The number of aliphatic imine (C=N–C) groups is 2. The summed E-state index contributed by atoms with van der Waals surface area (Å²) >= 11 is 0. The molecule has 0 bridgehead atoms. The molecule has 0 fully saturated rings. The van der Waals surface area contributed by atoms with Crippen molar-refractivity contribution < 1.29 is 13.2 Å². The van der Waals surface area contributed by atoms with Gasteiger partial charge in [0, 0.05) is 14.1 Å². The number of halogens is 3. The van der Waals surface area contributed by atoms with Crippen LogP contribution in [0.3, 0.4) is 0 Å². The molecule has 0 atom stereocenters. The van der Waals surface area contributed by atoms with Gasteiger partial charge in [-0.2, -0.15) is 18.2 Å². The van der Waals surface area contributed by atoms with E-state index in [1.165, 1.54) is 7.05 Å². The highest BCUT2D eigenvalue weighted by Crippen LogP contribution is 2.17. The molecule has 4 N–H and O–H groups in total. The Morgan fingerprint density at radius 2 is 1.85 bits per heavy atom. The zero-order valence-corrected chi connectivity index (χ0v) is 7.13. The average Bonchev–Trinajstić information content (AvgIpc) is 1.96. The minimum atomic E-state index is -4.62. The van der Waals surface area contributed by atoms with Gasteiger partial charge in [-0.3, -0.25) is 10.0 Å². The molecule has 0 unspecified atom stereocenters. The summed E-state index contributed by atoms with van der Waals surface area (Å²) in [4.78, 5) is 5.91. The maximum Gasteiger partial charge on any atom is 0.451 e. The molecule has 13 heavy (non-hydrogen) atoms. The van der Waals surface area contributed by atoms with Crippen LogP contribution in [0.15, 0.2) is 9.98 Å². The Morgan fingerprint density at radius 3 is 2.08 bits per heavy atom. The Labute approximate surface area is 72.9 Å². The van der Waals surface area contributed by atoms with Gasteiger partial charge in [0.1, 0.15) is 0 Å². The van der Waals surface area contributed by atoms with Crippen molar-refractivity contribution in [3.05, 3.63) is 0 Å². The van der Waals surface area contributed by atoms with Crippen LogP contribution in [-0.2, 0) is 0 Å². The summed E-state index contributed by atoms with van der Waals surface area (Å²) in [6.45, 7) is 0. The van der Waals surface area contributed by atoms with Gasteiger partial charge in [-0.1, -0.05) is 0 Å². The zero-order valence-electron chi connectivity index (χ0n) is 7.13. The molecule has 76 valence electrons. The van der Waals surface area contributed by atoms with E-state index < -0.39 is 18.0 Å². The lowest BCUT2D eigenvalue weighted by molar-refractivity contribution is -0.0598. The molecule has 0 rings (SSSR count). The van der Waals surface area contributed by atoms with E-state index >= 15 is 0 Å². The second-order valence-corrected chi connectivity index (χ2v) is 2.13. The number of alkyl halides is 3. The van der Waals surface area contributed by atoms with Gasteiger partial charge in [-0.05, 0) is 0 Å². The lowest BCUT2D eigenvalue weighted by Crippen LogP contribution is -2.41. The summed E-state index contributed by atoms with van der Waals surface area (Å²) in [5.74, 6) is 3.26. The molecule has 0 aromatic carbocycles. The van der Waals surface area contributed by atoms with Gasteiger partial charge in [0.2, 0.25) is 11.8 Å². The Hall–Kier alpha value is -1.31. The molecule has 0 aromatic heterocycles. The van der Waals surface area contributed by atoms with Gasteiger partial charge < -0.3 is 5.73 Å². The summed E-state index contributed by atoms with van der Waals surface area (Å²) in [6, 6.07) is 0. The van der Waals surface area contributed by atoms with E-state index in [1.807, 2.05) is 0 Å². The van der Waals surface area contributed by atoms with Crippen LogP contribution in [-0.4, -0.2) is 37.1 Å². The van der Waals surface area contributed by atoms with E-state index in [-0.39, 0.29) is 0 Å². The first-order chi connectivity index (χ1) is 5.79. The first-order valence-electron chi connectivity index (χ1n) is 3.15. The number of nitrogens with two attached hydrogens (primary N) is 2. The molecule has 0 amide bonds. The maximum atomic E-state index is 12.0. The molecule has 0 aliphatic heterocycles. The minimum Gasteiger partial charge on any atom is -0.368 e. The topological polar surface area (TPSA) is 80.0 Å². The van der Waals surface area contributed by atoms with Crippen LogP contribution < -0.4 is 11.6 Å². The first kappa shape index (κ1) is 11.7. The number of hydrogen-bond acceptors (Lipinski definition) is 2. The van der Waals surface area contributed by atoms with E-state index in [9.17, 15) is 13.2 Å². The van der Waals surface area contributed by atoms with Crippen molar-refractivity contribution >= 4 is 11.8 Å². The first-order valence-corrected chi connectivity index (χ1v) is 3.15. The van der Waals surface area contributed by atoms with Gasteiger partial charge in [0.15, 0.2) is 0 Å². The van der Waals surface area contributed by atoms with Crippen LogP contribution in [0.2, 0.25) is 0 Å². The predicted octanol–water partition coefficient (Wildman–Crippen LogP) is -0.303. The van der Waals surface area contributed by atoms with Gasteiger partial charge in [-0.25, -0.2) is 5.84 Å². The molecule has 0 saturated heterocycles. The normalized spacial score (nSPS) is 14.6. The molecular formula is C5H10F3N5. The second kappa shape index (κ2) is 4.08. The number of amidine groups is 1. The lowest BCUT2D eigenvalue weighted by Gasteiger charge is -2.11. The molecule has 8 heteroatoms. The van der Waals surface area contributed by atoms with E-state index in [2.05, 4.69) is 9.98 Å². The number of nitrogens with zero attached hydrogens (tertiary/aromatic N) is 3. The molecule has 0 radical (unpaired) electrons. The SMILES string of the molecule is CN=C(N=C(N)N(C)N)C(F)(F)F. The van der Waals surface area contributed by atoms with Gasteiger partial charge >= 0.3 is 6.18 Å². The van der Waals surface area contributed by atoms with Gasteiger partial charge in [-0.15, -0.1) is 0 Å². The summed E-state index contributed by atoms with van der Waals surface area (Å²) in [7, 11) is 2.23. The standard InChI is InChI=1S/C5H10F3N5/c1-11-3(5(6,7)8)12-4(9)13(2)10/h10H2,1-2H3,(H2,9,11,12). The van der Waals surface area contributed by atoms with E-state index in [0.717, 1.165) is 12.1 Å². The third-order valence-electron chi connectivity index (χ3n) is 1.05. The molecule has 0 aliphatic rings. The van der Waals surface area contributed by atoms with Crippen LogP contribution in [0.25, 0.3) is 0 Å². The van der Waals surface area contributed by atoms with Crippen molar-refractivity contribution in [2.45, 2.75) is 6.18 Å². The van der Waals surface area contributed by atoms with Crippen LogP contribution >= 0.6 is 0 Å². The van der Waals surface area contributed by atoms with Crippen molar-refractivity contribution in [3.63, 3.8) is 0 Å². The van der Waals surface area contributed by atoms with Crippen LogP contribution in [0.1, 0.15) is 0 Å². The summed E-state index contributed by atoms with van der Waals surface area (Å²) in [6.07, 6.45) is -4.62. The number of hydrogen-bond donors (Lipinski definition) is 2. The number of hydrazine groups is 1. The quantitative estimate of drug-likeness (QED) is 0.242. The molecule has 0 aliphatic carbocycles. The number of rotatable bonds is 0. The Bertz CT molecular complexity index is 229. The molecule has 0 heterocycles. The maximum absolute atomic E-state index is 12.0. The predicted molar refractivity (Wildman–Crippen MR) is 43.0 cm³/mol. The van der Waals surface area contributed by atoms with E-state index in [1.54, 1.807) is 0 Å². The summed E-state index contributed by atoms with van der Waals surface area (Å²) in [5.41, 5.74) is 5.06. The zero-order chi connectivity index (χ0) is 10.6. The monoisotopic (exact) mass is 197 g/mol. The summed E-state index contributed by atoms with van der Waals surface area (Å²) < 4.78 is 36.0. The van der Waals surface area contributed by atoms with Crippen molar-refractivity contribution in [2.75, 3.05) is 14.1 Å².